The van der Waals surface area contributed by atoms with E-state index < -0.39 is 0 Å². The minimum absolute atomic E-state index is 0.416. The van der Waals surface area contributed by atoms with Crippen molar-refractivity contribution in [3.05, 3.63) is 84.6 Å². The topological polar surface area (TPSA) is 44.3 Å². The average molecular weight is 438 g/mol. The van der Waals surface area contributed by atoms with Gasteiger partial charge in [0.1, 0.15) is 5.82 Å². The Morgan fingerprint density at radius 1 is 0.939 bits per heavy atom. The molecule has 1 aliphatic rings. The van der Waals surface area contributed by atoms with Crippen molar-refractivity contribution in [3.63, 3.8) is 0 Å². The van der Waals surface area contributed by atoms with Crippen molar-refractivity contribution in [3.8, 4) is 11.3 Å². The third-order valence-corrected chi connectivity index (χ3v) is 6.46. The third kappa shape index (κ3) is 4.99. The van der Waals surface area contributed by atoms with Crippen molar-refractivity contribution < 1.29 is 0 Å². The number of rotatable bonds is 6. The number of benzene rings is 2. The van der Waals surface area contributed by atoms with Crippen LogP contribution in [0.1, 0.15) is 18.4 Å². The van der Waals surface area contributed by atoms with Crippen LogP contribution in [0.4, 0.5) is 11.5 Å². The Kier molecular flexibility index (Phi) is 6.22. The normalized spacial score (nSPS) is 15.0. The van der Waals surface area contributed by atoms with Crippen LogP contribution in [-0.2, 0) is 6.54 Å². The molecule has 4 aromatic rings. The Labute approximate surface area is 196 Å². The monoisotopic (exact) mass is 437 g/mol. The Morgan fingerprint density at radius 2 is 1.70 bits per heavy atom. The maximum Gasteiger partial charge on any atom is 0.136 e. The van der Waals surface area contributed by atoms with E-state index in [9.17, 15) is 0 Å². The van der Waals surface area contributed by atoms with Crippen LogP contribution in [0.25, 0.3) is 22.2 Å². The fourth-order valence-electron chi connectivity index (χ4n) is 4.53. The number of nitrogens with zero attached hydrogens (tertiary/aromatic N) is 4. The summed E-state index contributed by atoms with van der Waals surface area (Å²) >= 11 is 0. The molecule has 168 valence electrons. The molecule has 1 saturated heterocycles. The van der Waals surface area contributed by atoms with E-state index in [2.05, 4.69) is 101 Å². The second kappa shape index (κ2) is 9.59. The largest absolute Gasteiger partial charge is 0.378 e. The lowest BCUT2D eigenvalue weighted by Gasteiger charge is -2.33. The molecule has 0 aliphatic carbocycles. The number of hydrogen-bond donors (Lipinski definition) is 1. The Hall–Kier alpha value is -3.44. The molecule has 0 spiro atoms. The molecule has 0 amide bonds. The van der Waals surface area contributed by atoms with Gasteiger partial charge in [-0.3, -0.25) is 9.88 Å². The third-order valence-electron chi connectivity index (χ3n) is 6.46. The standard InChI is InChI=1S/C28H31N5/c1-32(2)24-12-10-22(11-13-24)26-19-27-25(9-6-16-29-27)28(31-26)30-23-14-17-33(18-15-23)20-21-7-4-3-5-8-21/h3-13,16,19,23H,14-15,17-18,20H2,1-2H3,(H,30,31). The number of fused-ring (bicyclic) bond motifs is 1. The summed E-state index contributed by atoms with van der Waals surface area (Å²) in [6.45, 7) is 3.21. The van der Waals surface area contributed by atoms with Gasteiger partial charge in [-0.15, -0.1) is 0 Å². The van der Waals surface area contributed by atoms with E-state index in [1.54, 1.807) is 0 Å². The predicted molar refractivity (Wildman–Crippen MR) is 138 cm³/mol. The van der Waals surface area contributed by atoms with Gasteiger partial charge in [0.2, 0.25) is 0 Å². The molecule has 0 radical (unpaired) electrons. The van der Waals surface area contributed by atoms with E-state index in [1.807, 2.05) is 12.3 Å². The van der Waals surface area contributed by atoms with E-state index in [-0.39, 0.29) is 0 Å². The van der Waals surface area contributed by atoms with Gasteiger partial charge in [0.25, 0.3) is 0 Å². The van der Waals surface area contributed by atoms with Crippen molar-refractivity contribution in [2.24, 2.45) is 0 Å². The van der Waals surface area contributed by atoms with Crippen LogP contribution in [0.5, 0.6) is 0 Å². The fraction of sp³-hybridized carbons (Fsp3) is 0.286. The highest BCUT2D eigenvalue weighted by Gasteiger charge is 2.20. The van der Waals surface area contributed by atoms with Gasteiger partial charge < -0.3 is 10.2 Å². The maximum atomic E-state index is 5.05. The van der Waals surface area contributed by atoms with Crippen LogP contribution in [0.3, 0.4) is 0 Å². The number of hydrogen-bond acceptors (Lipinski definition) is 5. The number of nitrogens with one attached hydrogen (secondary N) is 1. The summed E-state index contributed by atoms with van der Waals surface area (Å²) < 4.78 is 0. The SMILES string of the molecule is CN(C)c1ccc(-c2cc3ncccc3c(NC3CCN(Cc4ccccc4)CC3)n2)cc1. The van der Waals surface area contributed by atoms with Gasteiger partial charge in [-0.1, -0.05) is 42.5 Å². The zero-order valence-corrected chi connectivity index (χ0v) is 19.4. The summed E-state index contributed by atoms with van der Waals surface area (Å²) in [7, 11) is 4.11. The summed E-state index contributed by atoms with van der Waals surface area (Å²) in [4.78, 5) is 14.3. The molecule has 1 fully saturated rings. The van der Waals surface area contributed by atoms with Gasteiger partial charge >= 0.3 is 0 Å². The van der Waals surface area contributed by atoms with Crippen LogP contribution >= 0.6 is 0 Å². The first-order valence-electron chi connectivity index (χ1n) is 11.7. The van der Waals surface area contributed by atoms with Crippen LogP contribution in [0.2, 0.25) is 0 Å². The molecule has 0 unspecified atom stereocenters. The molecule has 5 heteroatoms. The minimum atomic E-state index is 0.416. The van der Waals surface area contributed by atoms with Crippen LogP contribution in [0, 0.1) is 0 Å². The lowest BCUT2D eigenvalue weighted by Crippen LogP contribution is -2.38. The zero-order chi connectivity index (χ0) is 22.6. The highest BCUT2D eigenvalue weighted by Crippen LogP contribution is 2.29. The fourth-order valence-corrected chi connectivity index (χ4v) is 4.53. The van der Waals surface area contributed by atoms with Crippen LogP contribution in [-0.4, -0.2) is 48.1 Å². The molecule has 1 aliphatic heterocycles. The van der Waals surface area contributed by atoms with Crippen molar-refractivity contribution >= 4 is 22.4 Å². The number of pyridine rings is 2. The zero-order valence-electron chi connectivity index (χ0n) is 19.4. The Morgan fingerprint density at radius 3 is 2.42 bits per heavy atom. The second-order valence-electron chi connectivity index (χ2n) is 9.05. The van der Waals surface area contributed by atoms with E-state index in [0.29, 0.717) is 6.04 Å². The van der Waals surface area contributed by atoms with Crippen LogP contribution in [0.15, 0.2) is 79.0 Å². The first-order chi connectivity index (χ1) is 16.2. The summed E-state index contributed by atoms with van der Waals surface area (Å²) in [5.74, 6) is 0.939. The molecule has 0 bridgehead atoms. The minimum Gasteiger partial charge on any atom is -0.378 e. The van der Waals surface area contributed by atoms with Gasteiger partial charge in [-0.25, -0.2) is 4.98 Å². The number of piperidine rings is 1. The molecule has 5 rings (SSSR count). The lowest BCUT2D eigenvalue weighted by atomic mass is 10.0. The number of aromatic nitrogens is 2. The van der Waals surface area contributed by atoms with Crippen molar-refractivity contribution in [1.82, 2.24) is 14.9 Å². The van der Waals surface area contributed by atoms with Crippen molar-refractivity contribution in [1.29, 1.82) is 0 Å². The summed E-state index contributed by atoms with van der Waals surface area (Å²) in [5, 5.41) is 4.84. The highest BCUT2D eigenvalue weighted by molar-refractivity contribution is 5.92. The number of likely N-dealkylation sites (tertiary alicyclic amines) is 1. The van der Waals surface area contributed by atoms with E-state index in [4.69, 9.17) is 4.98 Å². The maximum absolute atomic E-state index is 5.05. The summed E-state index contributed by atoms with van der Waals surface area (Å²) in [6.07, 6.45) is 4.07. The Bertz CT molecular complexity index is 1200. The van der Waals surface area contributed by atoms with Gasteiger partial charge in [0.15, 0.2) is 0 Å². The molecule has 1 N–H and O–H groups in total. The molecule has 2 aromatic heterocycles. The van der Waals surface area contributed by atoms with Gasteiger partial charge in [-0.05, 0) is 48.7 Å². The van der Waals surface area contributed by atoms with E-state index >= 15 is 0 Å². The molecule has 5 nitrogen and oxygen atoms in total. The van der Waals surface area contributed by atoms with E-state index in [0.717, 1.165) is 60.5 Å². The molecule has 0 atom stereocenters. The Balaban J connectivity index is 1.33. The number of anilines is 2. The molecular formula is C28H31N5. The highest BCUT2D eigenvalue weighted by atomic mass is 15.1. The molecule has 33 heavy (non-hydrogen) atoms. The van der Waals surface area contributed by atoms with Gasteiger partial charge in [0.05, 0.1) is 11.2 Å². The molecular weight excluding hydrogens is 406 g/mol. The van der Waals surface area contributed by atoms with Crippen molar-refractivity contribution in [2.45, 2.75) is 25.4 Å². The quantitative estimate of drug-likeness (QED) is 0.435. The van der Waals surface area contributed by atoms with Crippen molar-refractivity contribution in [2.75, 3.05) is 37.4 Å². The van der Waals surface area contributed by atoms with Gasteiger partial charge in [-0.2, -0.15) is 0 Å². The predicted octanol–water partition coefficient (Wildman–Crippen LogP) is 5.44. The molecule has 2 aromatic carbocycles. The summed E-state index contributed by atoms with van der Waals surface area (Å²) in [5.41, 5.74) is 5.60. The summed E-state index contributed by atoms with van der Waals surface area (Å²) in [6, 6.07) is 25.9. The molecule has 0 saturated carbocycles. The first-order valence-corrected chi connectivity index (χ1v) is 11.7. The lowest BCUT2D eigenvalue weighted by molar-refractivity contribution is 0.211. The van der Waals surface area contributed by atoms with Gasteiger partial charge in [0, 0.05) is 62.6 Å². The second-order valence-corrected chi connectivity index (χ2v) is 9.05. The van der Waals surface area contributed by atoms with E-state index in [1.165, 1.54) is 11.3 Å². The van der Waals surface area contributed by atoms with Crippen LogP contribution < -0.4 is 10.2 Å². The average Bonchev–Trinajstić information content (AvgIpc) is 2.86. The smallest absolute Gasteiger partial charge is 0.136 e. The molecule has 3 heterocycles. The first kappa shape index (κ1) is 21.4.